The first-order chi connectivity index (χ1) is 7.33. The van der Waals surface area contributed by atoms with E-state index in [1.54, 1.807) is 6.33 Å². The highest BCUT2D eigenvalue weighted by Gasteiger charge is 2.15. The van der Waals surface area contributed by atoms with Crippen molar-refractivity contribution in [1.82, 2.24) is 9.97 Å². The van der Waals surface area contributed by atoms with E-state index in [1.807, 2.05) is 0 Å². The van der Waals surface area contributed by atoms with E-state index in [0.717, 1.165) is 30.2 Å². The first-order valence-corrected chi connectivity index (χ1v) is 5.98. The van der Waals surface area contributed by atoms with Crippen LogP contribution in [0.5, 0.6) is 0 Å². The number of halogens is 2. The zero-order valence-electron chi connectivity index (χ0n) is 9.45. The second kappa shape index (κ2) is 6.26. The van der Waals surface area contributed by atoms with Gasteiger partial charge in [-0.05, 0) is 26.2 Å². The summed E-state index contributed by atoms with van der Waals surface area (Å²) in [6.45, 7) is 4.28. The van der Waals surface area contributed by atoms with Gasteiger partial charge in [0, 0.05) is 18.7 Å². The van der Waals surface area contributed by atoms with Crippen molar-refractivity contribution in [1.29, 1.82) is 0 Å². The molecule has 0 radical (unpaired) electrons. The molecule has 5 heteroatoms. The molecule has 0 amide bonds. The molecule has 0 bridgehead atoms. The van der Waals surface area contributed by atoms with Crippen molar-refractivity contribution in [3.63, 3.8) is 0 Å². The van der Waals surface area contributed by atoms with Crippen molar-refractivity contribution in [3.05, 3.63) is 17.6 Å². The van der Waals surface area contributed by atoms with Crippen LogP contribution < -0.4 is 4.90 Å². The number of hydrogen-bond acceptors (Lipinski definition) is 3. The van der Waals surface area contributed by atoms with Gasteiger partial charge in [0.15, 0.2) is 0 Å². The maximum Gasteiger partial charge on any atom is 0.135 e. The van der Waals surface area contributed by atoms with Gasteiger partial charge in [0.1, 0.15) is 12.1 Å². The summed E-state index contributed by atoms with van der Waals surface area (Å²) in [5.74, 6) is 1.54. The molecule has 1 aromatic heterocycles. The van der Waals surface area contributed by atoms with Crippen LogP contribution in [0, 0.1) is 6.92 Å². The summed E-state index contributed by atoms with van der Waals surface area (Å²) in [6.07, 6.45) is 5.48. The molecule has 0 aromatic carbocycles. The summed E-state index contributed by atoms with van der Waals surface area (Å²) < 4.78 is 0. The van der Waals surface area contributed by atoms with Crippen LogP contribution in [-0.2, 0) is 5.88 Å². The molecular weight excluding hydrogens is 245 g/mol. The van der Waals surface area contributed by atoms with E-state index < -0.39 is 0 Å². The topological polar surface area (TPSA) is 29.0 Å². The maximum atomic E-state index is 5.83. The van der Waals surface area contributed by atoms with Crippen molar-refractivity contribution >= 4 is 29.8 Å². The van der Waals surface area contributed by atoms with E-state index in [1.165, 1.54) is 19.3 Å². The molecule has 1 fully saturated rings. The van der Waals surface area contributed by atoms with Gasteiger partial charge in [-0.1, -0.05) is 0 Å². The predicted molar refractivity (Wildman–Crippen MR) is 69.6 cm³/mol. The first kappa shape index (κ1) is 13.5. The third-order valence-electron chi connectivity index (χ3n) is 2.94. The Morgan fingerprint density at radius 2 is 1.94 bits per heavy atom. The molecule has 90 valence electrons. The summed E-state index contributed by atoms with van der Waals surface area (Å²) in [6, 6.07) is 0. The molecular formula is C11H17Cl2N3. The van der Waals surface area contributed by atoms with E-state index in [4.69, 9.17) is 11.6 Å². The van der Waals surface area contributed by atoms with Gasteiger partial charge < -0.3 is 4.90 Å². The second-order valence-corrected chi connectivity index (χ2v) is 4.22. The standard InChI is InChI=1S/C11H16ClN3.ClH/c1-9-10(7-12)13-8-14-11(9)15-5-3-2-4-6-15;/h8H,2-7H2,1H3;1H. The smallest absolute Gasteiger partial charge is 0.135 e. The van der Waals surface area contributed by atoms with Gasteiger partial charge in [-0.2, -0.15) is 0 Å². The minimum atomic E-state index is 0. The van der Waals surface area contributed by atoms with E-state index in [-0.39, 0.29) is 12.4 Å². The Morgan fingerprint density at radius 3 is 2.56 bits per heavy atom. The molecule has 3 nitrogen and oxygen atoms in total. The predicted octanol–water partition coefficient (Wildman–Crippen LogP) is 2.94. The largest absolute Gasteiger partial charge is 0.356 e. The first-order valence-electron chi connectivity index (χ1n) is 5.44. The third kappa shape index (κ3) is 2.77. The zero-order valence-corrected chi connectivity index (χ0v) is 11.0. The second-order valence-electron chi connectivity index (χ2n) is 3.95. The molecule has 2 heterocycles. The summed E-state index contributed by atoms with van der Waals surface area (Å²) >= 11 is 5.83. The molecule has 16 heavy (non-hydrogen) atoms. The summed E-state index contributed by atoms with van der Waals surface area (Å²) in [4.78, 5) is 10.9. The van der Waals surface area contributed by atoms with Crippen LogP contribution in [0.15, 0.2) is 6.33 Å². The van der Waals surface area contributed by atoms with Gasteiger partial charge in [0.2, 0.25) is 0 Å². The molecule has 0 spiro atoms. The average Bonchev–Trinajstić information content (AvgIpc) is 2.30. The number of aromatic nitrogens is 2. The lowest BCUT2D eigenvalue weighted by molar-refractivity contribution is 0.571. The number of alkyl halides is 1. The van der Waals surface area contributed by atoms with Crippen LogP contribution in [0.2, 0.25) is 0 Å². The van der Waals surface area contributed by atoms with Crippen LogP contribution in [0.3, 0.4) is 0 Å². The third-order valence-corrected chi connectivity index (χ3v) is 3.20. The van der Waals surface area contributed by atoms with E-state index in [9.17, 15) is 0 Å². The molecule has 1 aromatic rings. The van der Waals surface area contributed by atoms with E-state index in [2.05, 4.69) is 21.8 Å². The molecule has 2 rings (SSSR count). The van der Waals surface area contributed by atoms with Crippen LogP contribution in [-0.4, -0.2) is 23.1 Å². The van der Waals surface area contributed by atoms with Crippen molar-refractivity contribution in [2.75, 3.05) is 18.0 Å². The minimum absolute atomic E-state index is 0. The van der Waals surface area contributed by atoms with Gasteiger partial charge in [-0.15, -0.1) is 24.0 Å². The van der Waals surface area contributed by atoms with Crippen LogP contribution in [0.4, 0.5) is 5.82 Å². The summed E-state index contributed by atoms with van der Waals surface area (Å²) in [7, 11) is 0. The quantitative estimate of drug-likeness (QED) is 0.767. The Labute approximate surface area is 108 Å². The fraction of sp³-hybridized carbons (Fsp3) is 0.636. The SMILES string of the molecule is Cc1c(CCl)ncnc1N1CCCCC1.Cl. The minimum Gasteiger partial charge on any atom is -0.356 e. The number of rotatable bonds is 2. The highest BCUT2D eigenvalue weighted by Crippen LogP contribution is 2.22. The molecule has 0 atom stereocenters. The maximum absolute atomic E-state index is 5.83. The molecule has 1 aliphatic heterocycles. The van der Waals surface area contributed by atoms with Gasteiger partial charge >= 0.3 is 0 Å². The van der Waals surface area contributed by atoms with Crippen molar-refractivity contribution in [2.24, 2.45) is 0 Å². The number of anilines is 1. The normalized spacial score (nSPS) is 15.8. The fourth-order valence-corrected chi connectivity index (χ4v) is 2.30. The molecule has 1 saturated heterocycles. The van der Waals surface area contributed by atoms with Crippen molar-refractivity contribution < 1.29 is 0 Å². The van der Waals surface area contributed by atoms with Gasteiger partial charge in [-0.25, -0.2) is 9.97 Å². The van der Waals surface area contributed by atoms with E-state index >= 15 is 0 Å². The van der Waals surface area contributed by atoms with Gasteiger partial charge in [0.25, 0.3) is 0 Å². The van der Waals surface area contributed by atoms with Crippen LogP contribution in [0.25, 0.3) is 0 Å². The summed E-state index contributed by atoms with van der Waals surface area (Å²) in [5, 5.41) is 0. The van der Waals surface area contributed by atoms with Gasteiger partial charge in [-0.3, -0.25) is 0 Å². The average molecular weight is 262 g/mol. The number of piperidine rings is 1. The fourth-order valence-electron chi connectivity index (χ4n) is 2.04. The molecule has 0 N–H and O–H groups in total. The Bertz CT molecular complexity index is 338. The summed E-state index contributed by atoms with van der Waals surface area (Å²) in [5.41, 5.74) is 2.08. The lowest BCUT2D eigenvalue weighted by Gasteiger charge is -2.29. The number of hydrogen-bond donors (Lipinski definition) is 0. The Balaban J connectivity index is 0.00000128. The molecule has 0 saturated carbocycles. The van der Waals surface area contributed by atoms with Crippen LogP contribution >= 0.6 is 24.0 Å². The Hall–Kier alpha value is -0.540. The zero-order chi connectivity index (χ0) is 10.7. The Kier molecular flexibility index (Phi) is 5.29. The van der Waals surface area contributed by atoms with Crippen molar-refractivity contribution in [2.45, 2.75) is 32.1 Å². The van der Waals surface area contributed by atoms with Crippen molar-refractivity contribution in [3.8, 4) is 0 Å². The molecule has 0 unspecified atom stereocenters. The lowest BCUT2D eigenvalue weighted by atomic mass is 10.1. The highest BCUT2D eigenvalue weighted by molar-refractivity contribution is 6.17. The Morgan fingerprint density at radius 1 is 1.25 bits per heavy atom. The number of nitrogens with zero attached hydrogens (tertiary/aromatic N) is 3. The molecule has 1 aliphatic rings. The van der Waals surface area contributed by atoms with Crippen LogP contribution in [0.1, 0.15) is 30.5 Å². The molecule has 0 aliphatic carbocycles. The highest BCUT2D eigenvalue weighted by atomic mass is 35.5. The van der Waals surface area contributed by atoms with Gasteiger partial charge in [0.05, 0.1) is 11.6 Å². The monoisotopic (exact) mass is 261 g/mol. The van der Waals surface area contributed by atoms with E-state index in [0.29, 0.717) is 5.88 Å². The lowest BCUT2D eigenvalue weighted by Crippen LogP contribution is -2.31.